The zero-order chi connectivity index (χ0) is 8.69. The van der Waals surface area contributed by atoms with Crippen LogP contribution in [0.2, 0.25) is 0 Å². The van der Waals surface area contributed by atoms with Gasteiger partial charge in [-0.2, -0.15) is 6.42 Å². The zero-order valence-corrected chi connectivity index (χ0v) is 13.3. The van der Waals surface area contributed by atoms with E-state index in [1.165, 1.54) is 0 Å². The van der Waals surface area contributed by atoms with Gasteiger partial charge in [-0.25, -0.2) is 0 Å². The molecular weight excluding hydrogens is 226 g/mol. The maximum atomic E-state index is 7.97. The van der Waals surface area contributed by atoms with Crippen molar-refractivity contribution >= 4 is 0 Å². The summed E-state index contributed by atoms with van der Waals surface area (Å²) in [5.41, 5.74) is 7.97. The molecule has 0 spiro atoms. The Balaban J connectivity index is 0. The van der Waals surface area contributed by atoms with E-state index in [4.69, 9.17) is 5.53 Å². The van der Waals surface area contributed by atoms with Crippen LogP contribution < -0.4 is 58.2 Å². The molecule has 0 aliphatic rings. The summed E-state index contributed by atoms with van der Waals surface area (Å²) in [5.74, 6) is 0. The van der Waals surface area contributed by atoms with E-state index in [0.29, 0.717) is 12.6 Å². The van der Waals surface area contributed by atoms with Gasteiger partial charge in [-0.05, 0) is 25.2 Å². The molecular formula is C7H15N4Rb. The molecule has 64 valence electrons. The Kier molecular flexibility index (Phi) is 13.2. The zero-order valence-electron chi connectivity index (χ0n) is 8.36. The third kappa shape index (κ3) is 9.17. The Morgan fingerprint density at radius 1 is 1.58 bits per heavy atom. The normalized spacial score (nSPS) is 9.42. The van der Waals surface area contributed by atoms with Crippen molar-refractivity contribution in [2.45, 2.75) is 26.3 Å². The van der Waals surface area contributed by atoms with Crippen molar-refractivity contribution < 1.29 is 58.2 Å². The fourth-order valence-electron chi connectivity index (χ4n) is 0.575. The summed E-state index contributed by atoms with van der Waals surface area (Å²) in [6.45, 7) is 6.82. The second-order valence-corrected chi connectivity index (χ2v) is 2.68. The van der Waals surface area contributed by atoms with Gasteiger partial charge in [0.05, 0.1) is 0 Å². The van der Waals surface area contributed by atoms with Crippen LogP contribution in [0.25, 0.3) is 10.4 Å². The predicted molar refractivity (Wildman–Crippen MR) is 45.8 cm³/mol. The van der Waals surface area contributed by atoms with E-state index in [1.54, 1.807) is 0 Å². The molecule has 0 saturated carbocycles. The molecule has 12 heavy (non-hydrogen) atoms. The molecule has 0 fully saturated rings. The van der Waals surface area contributed by atoms with Crippen LogP contribution in [0, 0.1) is 6.54 Å². The Morgan fingerprint density at radius 2 is 2.17 bits per heavy atom. The molecule has 0 atom stereocenters. The molecule has 0 rings (SSSR count). The second-order valence-electron chi connectivity index (χ2n) is 2.68. The van der Waals surface area contributed by atoms with Gasteiger partial charge < -0.3 is 4.90 Å². The molecule has 0 bridgehead atoms. The molecule has 0 heterocycles. The van der Waals surface area contributed by atoms with Gasteiger partial charge >= 0.3 is 58.2 Å². The maximum absolute atomic E-state index is 7.97. The minimum atomic E-state index is 0. The van der Waals surface area contributed by atoms with Gasteiger partial charge in [-0.3, -0.25) is 6.54 Å². The van der Waals surface area contributed by atoms with E-state index in [2.05, 4.69) is 28.8 Å². The minimum Gasteiger partial charge on any atom is -0.457 e. The standard InChI is InChI=1S/C7H15N4.Rb/c1-7(2)11(3)6-4-5-9-10-8;/h6-7H,4-5H2,1-3H3;/q-1;+1. The average Bonchev–Trinajstić information content (AvgIpc) is 1.97. The van der Waals surface area contributed by atoms with E-state index >= 15 is 0 Å². The topological polar surface area (TPSA) is 52.0 Å². The van der Waals surface area contributed by atoms with Crippen molar-refractivity contribution in [2.24, 2.45) is 5.11 Å². The summed E-state index contributed by atoms with van der Waals surface area (Å²) in [4.78, 5) is 4.77. The van der Waals surface area contributed by atoms with Crippen LogP contribution in [-0.2, 0) is 0 Å². The third-order valence-corrected chi connectivity index (χ3v) is 1.52. The summed E-state index contributed by atoms with van der Waals surface area (Å²) in [7, 11) is 2.01. The van der Waals surface area contributed by atoms with Gasteiger partial charge in [0.25, 0.3) is 0 Å². The van der Waals surface area contributed by atoms with Gasteiger partial charge in [0.2, 0.25) is 0 Å². The first-order valence-electron chi connectivity index (χ1n) is 3.74. The van der Waals surface area contributed by atoms with E-state index in [9.17, 15) is 0 Å². The number of nitrogens with zero attached hydrogens (tertiary/aromatic N) is 4. The molecule has 0 aromatic rings. The molecule has 4 nitrogen and oxygen atoms in total. The molecule has 0 aromatic carbocycles. The third-order valence-electron chi connectivity index (χ3n) is 1.52. The SMILES string of the molecule is CC(C)N(C)[CH-]CCN=[N+]=[N-].[Rb+]. The minimum absolute atomic E-state index is 0. The monoisotopic (exact) mass is 240 g/mol. The fraction of sp³-hybridized carbons (Fsp3) is 0.857. The number of rotatable bonds is 5. The molecule has 0 radical (unpaired) electrons. The molecule has 0 aliphatic heterocycles. The molecule has 5 heteroatoms. The number of hydrogen-bond donors (Lipinski definition) is 0. The van der Waals surface area contributed by atoms with Crippen molar-refractivity contribution in [2.75, 3.05) is 13.6 Å². The summed E-state index contributed by atoms with van der Waals surface area (Å²) in [6, 6.07) is 0.515. The Hall–Kier alpha value is 1.08. The summed E-state index contributed by atoms with van der Waals surface area (Å²) >= 11 is 0. The van der Waals surface area contributed by atoms with Crippen LogP contribution >= 0.6 is 0 Å². The Bertz CT molecular complexity index is 142. The van der Waals surface area contributed by atoms with Crippen LogP contribution in [0.3, 0.4) is 0 Å². The van der Waals surface area contributed by atoms with Gasteiger partial charge in [0.15, 0.2) is 0 Å². The average molecular weight is 241 g/mol. The first-order chi connectivity index (χ1) is 5.18. The van der Waals surface area contributed by atoms with E-state index < -0.39 is 0 Å². The molecule has 0 saturated heterocycles. The number of hydrogen-bond acceptors (Lipinski definition) is 2. The largest absolute Gasteiger partial charge is 1.00 e. The summed E-state index contributed by atoms with van der Waals surface area (Å²) in [5, 5.41) is 3.43. The van der Waals surface area contributed by atoms with Crippen LogP contribution in [0.15, 0.2) is 5.11 Å². The quantitative estimate of drug-likeness (QED) is 0.204. The van der Waals surface area contributed by atoms with Gasteiger partial charge in [-0.1, -0.05) is 19.0 Å². The van der Waals surface area contributed by atoms with Crippen LogP contribution in [0.1, 0.15) is 20.3 Å². The second kappa shape index (κ2) is 10.2. The summed E-state index contributed by atoms with van der Waals surface area (Å²) in [6.07, 6.45) is 0.818. The maximum Gasteiger partial charge on any atom is 1.00 e. The molecule has 0 amide bonds. The number of azide groups is 1. The van der Waals surface area contributed by atoms with Gasteiger partial charge in [0, 0.05) is 4.91 Å². The van der Waals surface area contributed by atoms with Gasteiger partial charge in [0.1, 0.15) is 0 Å². The van der Waals surface area contributed by atoms with Crippen LogP contribution in [-0.4, -0.2) is 24.5 Å². The van der Waals surface area contributed by atoms with Crippen LogP contribution in [0.5, 0.6) is 0 Å². The van der Waals surface area contributed by atoms with Crippen LogP contribution in [0.4, 0.5) is 0 Å². The Morgan fingerprint density at radius 3 is 2.58 bits per heavy atom. The van der Waals surface area contributed by atoms with Gasteiger partial charge in [-0.15, -0.1) is 0 Å². The van der Waals surface area contributed by atoms with Crippen molar-refractivity contribution in [3.63, 3.8) is 0 Å². The van der Waals surface area contributed by atoms with Crippen molar-refractivity contribution in [1.82, 2.24) is 4.90 Å². The Labute approximate surface area is 123 Å². The van der Waals surface area contributed by atoms with E-state index in [0.717, 1.165) is 6.42 Å². The first-order valence-corrected chi connectivity index (χ1v) is 3.74. The van der Waals surface area contributed by atoms with E-state index in [1.807, 2.05) is 13.6 Å². The molecule has 0 N–H and O–H groups in total. The van der Waals surface area contributed by atoms with Crippen molar-refractivity contribution in [1.29, 1.82) is 0 Å². The first kappa shape index (κ1) is 15.5. The molecule has 0 aliphatic carbocycles. The smallest absolute Gasteiger partial charge is 0.457 e. The molecule has 0 unspecified atom stereocenters. The molecule has 0 aromatic heterocycles. The fourth-order valence-corrected chi connectivity index (χ4v) is 0.575. The van der Waals surface area contributed by atoms with Crippen molar-refractivity contribution in [3.8, 4) is 0 Å². The predicted octanol–water partition coefficient (Wildman–Crippen LogP) is -0.807. The van der Waals surface area contributed by atoms with E-state index in [-0.39, 0.29) is 58.2 Å². The van der Waals surface area contributed by atoms with Crippen molar-refractivity contribution in [3.05, 3.63) is 17.0 Å². The summed E-state index contributed by atoms with van der Waals surface area (Å²) < 4.78 is 0.